The van der Waals surface area contributed by atoms with Gasteiger partial charge in [0.25, 0.3) is 11.5 Å². The summed E-state index contributed by atoms with van der Waals surface area (Å²) in [5.74, 6) is -2.06. The van der Waals surface area contributed by atoms with Crippen molar-refractivity contribution in [3.8, 4) is 17.3 Å². The molecule has 1 amide bonds. The van der Waals surface area contributed by atoms with Gasteiger partial charge in [0.2, 0.25) is 10.0 Å². The van der Waals surface area contributed by atoms with Crippen LogP contribution in [0.5, 0.6) is 11.5 Å². The summed E-state index contributed by atoms with van der Waals surface area (Å²) in [6.07, 6.45) is 4.54. The highest BCUT2D eigenvalue weighted by Crippen LogP contribution is 2.28. The van der Waals surface area contributed by atoms with Gasteiger partial charge in [-0.2, -0.15) is 0 Å². The van der Waals surface area contributed by atoms with Gasteiger partial charge in [0.05, 0.1) is 6.20 Å². The van der Waals surface area contributed by atoms with Crippen LogP contribution in [0.4, 0.5) is 26.1 Å². The van der Waals surface area contributed by atoms with Crippen molar-refractivity contribution in [2.75, 3.05) is 24.7 Å². The highest BCUT2D eigenvalue weighted by atomic mass is 32.2. The summed E-state index contributed by atoms with van der Waals surface area (Å²) in [5, 5.41) is 5.36. The fourth-order valence-electron chi connectivity index (χ4n) is 4.28. The molecule has 5 rings (SSSR count). The van der Waals surface area contributed by atoms with E-state index in [0.29, 0.717) is 10.4 Å². The summed E-state index contributed by atoms with van der Waals surface area (Å²) in [5.41, 5.74) is -2.23. The molecule has 0 atom stereocenters. The van der Waals surface area contributed by atoms with Gasteiger partial charge in [-0.15, -0.1) is 0 Å². The lowest BCUT2D eigenvalue weighted by atomic mass is 10.2. The molecule has 0 saturated carbocycles. The number of halogens is 2. The number of amides is 1. The van der Waals surface area contributed by atoms with Gasteiger partial charge in [0.1, 0.15) is 39.5 Å². The Hall–Kier alpha value is -5.81. The first-order chi connectivity index (χ1) is 22.7. The molecular formula is C31H28F2N8O6S. The number of pyridine rings is 3. The van der Waals surface area contributed by atoms with Crippen LogP contribution in [-0.2, 0) is 10.0 Å². The summed E-state index contributed by atoms with van der Waals surface area (Å²) in [6, 6.07) is 11.1. The molecule has 17 heteroatoms. The first-order valence-corrected chi connectivity index (χ1v) is 15.6. The van der Waals surface area contributed by atoms with E-state index in [0.717, 1.165) is 39.5 Å². The highest BCUT2D eigenvalue weighted by molar-refractivity contribution is 7.89. The predicted octanol–water partition coefficient (Wildman–Crippen LogP) is 4.08. The van der Waals surface area contributed by atoms with Crippen LogP contribution < -0.4 is 26.6 Å². The molecule has 48 heavy (non-hydrogen) atoms. The lowest BCUT2D eigenvalue weighted by Gasteiger charge is -2.15. The fraction of sp³-hybridized carbons (Fsp3) is 0.161. The Morgan fingerprint density at radius 2 is 1.71 bits per heavy atom. The second-order valence-electron chi connectivity index (χ2n) is 10.7. The maximum absolute atomic E-state index is 15.1. The molecule has 2 N–H and O–H groups in total. The SMILES string of the molecule is CC(C)n1cc(C(=O)Nc2ccc(Oc3ccnc(Nc4ccc(S(=O)(=O)N(C)C)cn4)c3)c(F)c2)c(=O)n(-c2ccc(F)cn2)c1=O. The van der Waals surface area contributed by atoms with Crippen LogP contribution in [0.2, 0.25) is 0 Å². The van der Waals surface area contributed by atoms with Crippen molar-refractivity contribution < 1.29 is 26.7 Å². The zero-order valence-electron chi connectivity index (χ0n) is 25.9. The third-order valence-electron chi connectivity index (χ3n) is 6.78. The van der Waals surface area contributed by atoms with Crippen molar-refractivity contribution in [3.05, 3.63) is 117 Å². The van der Waals surface area contributed by atoms with Crippen molar-refractivity contribution in [1.82, 2.24) is 28.4 Å². The van der Waals surface area contributed by atoms with E-state index in [1.165, 1.54) is 62.9 Å². The molecular weight excluding hydrogens is 650 g/mol. The van der Waals surface area contributed by atoms with Crippen LogP contribution in [0, 0.1) is 11.6 Å². The molecule has 0 spiro atoms. The van der Waals surface area contributed by atoms with E-state index in [9.17, 15) is 27.2 Å². The van der Waals surface area contributed by atoms with Crippen molar-refractivity contribution in [1.29, 1.82) is 0 Å². The van der Waals surface area contributed by atoms with Crippen LogP contribution in [-0.4, -0.2) is 56.8 Å². The Labute approximate surface area is 272 Å². The summed E-state index contributed by atoms with van der Waals surface area (Å²) < 4.78 is 61.6. The van der Waals surface area contributed by atoms with Gasteiger partial charge in [-0.05, 0) is 56.3 Å². The maximum atomic E-state index is 15.1. The van der Waals surface area contributed by atoms with E-state index in [-0.39, 0.29) is 33.7 Å². The van der Waals surface area contributed by atoms with Crippen LogP contribution in [0.3, 0.4) is 0 Å². The minimum atomic E-state index is -3.65. The normalized spacial score (nSPS) is 11.5. The average molecular weight is 679 g/mol. The second kappa shape index (κ2) is 13.5. The van der Waals surface area contributed by atoms with Crippen molar-refractivity contribution in [2.24, 2.45) is 0 Å². The molecule has 0 radical (unpaired) electrons. The zero-order valence-corrected chi connectivity index (χ0v) is 26.7. The smallest absolute Gasteiger partial charge is 0.337 e. The van der Waals surface area contributed by atoms with Gasteiger partial charge >= 0.3 is 5.69 Å². The van der Waals surface area contributed by atoms with Crippen molar-refractivity contribution in [2.45, 2.75) is 24.8 Å². The lowest BCUT2D eigenvalue weighted by molar-refractivity contribution is 0.102. The summed E-state index contributed by atoms with van der Waals surface area (Å²) in [4.78, 5) is 51.6. The number of sulfonamides is 1. The molecule has 4 aromatic heterocycles. The molecule has 0 saturated heterocycles. The molecule has 5 aromatic rings. The van der Waals surface area contributed by atoms with E-state index in [4.69, 9.17) is 4.74 Å². The van der Waals surface area contributed by atoms with Gasteiger partial charge in [0.15, 0.2) is 11.6 Å². The fourth-order valence-corrected chi connectivity index (χ4v) is 5.13. The second-order valence-corrected chi connectivity index (χ2v) is 12.8. The Bertz CT molecular complexity index is 2220. The number of nitrogens with zero attached hydrogens (tertiary/aromatic N) is 6. The van der Waals surface area contributed by atoms with E-state index in [1.54, 1.807) is 13.8 Å². The molecule has 1 aromatic carbocycles. The molecule has 0 aliphatic rings. The Kier molecular flexibility index (Phi) is 9.44. The number of nitrogens with one attached hydrogen (secondary N) is 2. The van der Waals surface area contributed by atoms with Crippen LogP contribution in [0.15, 0.2) is 93.9 Å². The number of aromatic nitrogens is 5. The lowest BCUT2D eigenvalue weighted by Crippen LogP contribution is -2.43. The number of carbonyl (C=O) groups is 1. The summed E-state index contributed by atoms with van der Waals surface area (Å²) in [6.45, 7) is 3.34. The largest absolute Gasteiger partial charge is 0.454 e. The third-order valence-corrected chi connectivity index (χ3v) is 8.57. The number of rotatable bonds is 10. The van der Waals surface area contributed by atoms with E-state index in [1.807, 2.05) is 0 Å². The molecule has 0 bridgehead atoms. The van der Waals surface area contributed by atoms with Gasteiger partial charge in [-0.3, -0.25) is 14.2 Å². The molecule has 248 valence electrons. The zero-order chi connectivity index (χ0) is 34.7. The number of ether oxygens (including phenoxy) is 1. The standard InChI is InChI=1S/C31H28F2N8O6S/c1-18(2)40-17-23(30(43)41(31(40)44)28-10-5-19(32)15-36-28)29(42)37-20-6-8-25(24(33)13-20)47-21-11-12-34-27(14-21)38-26-9-7-22(16-35-26)48(45,46)39(3)4/h5-18H,1-4H3,(H,37,42)(H,34,35,38). The molecule has 0 unspecified atom stereocenters. The third kappa shape index (κ3) is 7.11. The Morgan fingerprint density at radius 1 is 0.938 bits per heavy atom. The monoisotopic (exact) mass is 678 g/mol. The number of carbonyl (C=O) groups excluding carboxylic acids is 1. The first-order valence-electron chi connectivity index (χ1n) is 14.1. The summed E-state index contributed by atoms with van der Waals surface area (Å²) >= 11 is 0. The molecule has 4 heterocycles. The van der Waals surface area contributed by atoms with Gasteiger partial charge in [-0.25, -0.2) is 45.8 Å². The van der Waals surface area contributed by atoms with E-state index < -0.39 is 50.4 Å². The van der Waals surface area contributed by atoms with Crippen LogP contribution in [0.25, 0.3) is 5.82 Å². The highest BCUT2D eigenvalue weighted by Gasteiger charge is 2.21. The van der Waals surface area contributed by atoms with Crippen molar-refractivity contribution in [3.63, 3.8) is 0 Å². The quantitative estimate of drug-likeness (QED) is 0.219. The number of hydrogen-bond acceptors (Lipinski definition) is 10. The van der Waals surface area contributed by atoms with Gasteiger partial charge in [0, 0.05) is 56.5 Å². The van der Waals surface area contributed by atoms with E-state index >= 15 is 4.39 Å². The molecule has 0 fully saturated rings. The minimum Gasteiger partial charge on any atom is -0.454 e. The maximum Gasteiger partial charge on any atom is 0.337 e. The van der Waals surface area contributed by atoms with Crippen LogP contribution >= 0.6 is 0 Å². The number of hydrogen-bond donors (Lipinski definition) is 2. The minimum absolute atomic E-state index is 0.0113. The average Bonchev–Trinajstić information content (AvgIpc) is 3.03. The van der Waals surface area contributed by atoms with Crippen molar-refractivity contribution >= 4 is 33.3 Å². The van der Waals surface area contributed by atoms with E-state index in [2.05, 4.69) is 25.6 Å². The molecule has 0 aliphatic carbocycles. The first kappa shape index (κ1) is 33.6. The Balaban J connectivity index is 1.33. The van der Waals surface area contributed by atoms with Crippen LogP contribution in [0.1, 0.15) is 30.2 Å². The number of anilines is 3. The predicted molar refractivity (Wildman–Crippen MR) is 171 cm³/mol. The topological polar surface area (TPSA) is 170 Å². The number of benzene rings is 1. The summed E-state index contributed by atoms with van der Waals surface area (Å²) in [7, 11) is -0.827. The Morgan fingerprint density at radius 3 is 2.33 bits per heavy atom. The molecule has 14 nitrogen and oxygen atoms in total. The van der Waals surface area contributed by atoms with Gasteiger partial charge in [-0.1, -0.05) is 0 Å². The molecule has 0 aliphatic heterocycles. The van der Waals surface area contributed by atoms with Gasteiger partial charge < -0.3 is 15.4 Å².